The van der Waals surface area contributed by atoms with Gasteiger partial charge in [0.1, 0.15) is 11.5 Å². The van der Waals surface area contributed by atoms with E-state index in [0.29, 0.717) is 23.7 Å². The molecule has 3 aromatic rings. The molecule has 4 rings (SSSR count). The Kier molecular flexibility index (Phi) is 5.74. The van der Waals surface area contributed by atoms with Gasteiger partial charge in [-0.3, -0.25) is 4.99 Å². The fourth-order valence-electron chi connectivity index (χ4n) is 3.18. The van der Waals surface area contributed by atoms with E-state index in [2.05, 4.69) is 4.99 Å². The van der Waals surface area contributed by atoms with E-state index in [1.54, 1.807) is 34.8 Å². The lowest BCUT2D eigenvalue weighted by Crippen LogP contribution is -2.27. The summed E-state index contributed by atoms with van der Waals surface area (Å²) in [5.41, 5.74) is 1.63. The van der Waals surface area contributed by atoms with Crippen LogP contribution in [-0.2, 0) is 10.0 Å². The van der Waals surface area contributed by atoms with Crippen LogP contribution in [0.4, 0.5) is 5.69 Å². The van der Waals surface area contributed by atoms with Crippen molar-refractivity contribution in [3.8, 4) is 11.5 Å². The van der Waals surface area contributed by atoms with Crippen LogP contribution in [0.25, 0.3) is 0 Å². The number of benzene rings is 3. The van der Waals surface area contributed by atoms with Crippen LogP contribution in [0.2, 0.25) is 0 Å². The largest absolute Gasteiger partial charge is 0.457 e. The van der Waals surface area contributed by atoms with Gasteiger partial charge < -0.3 is 4.74 Å². The lowest BCUT2D eigenvalue weighted by Gasteiger charge is -2.15. The van der Waals surface area contributed by atoms with Gasteiger partial charge in [-0.15, -0.1) is 0 Å². The second-order valence-electron chi connectivity index (χ2n) is 6.85. The molecule has 1 saturated heterocycles. The van der Waals surface area contributed by atoms with E-state index in [0.717, 1.165) is 29.9 Å². The molecule has 1 heterocycles. The van der Waals surface area contributed by atoms with Crippen LogP contribution in [0.15, 0.2) is 88.8 Å². The monoisotopic (exact) mass is 406 g/mol. The Balaban J connectivity index is 1.41. The molecule has 5 nitrogen and oxygen atoms in total. The topological polar surface area (TPSA) is 59.0 Å². The molecule has 1 fully saturated rings. The fraction of sp³-hybridized carbons (Fsp3) is 0.174. The number of rotatable bonds is 6. The summed E-state index contributed by atoms with van der Waals surface area (Å²) in [6.45, 7) is 1.21. The highest BCUT2D eigenvalue weighted by Gasteiger charge is 2.26. The SMILES string of the molecule is O=S(=O)(c1ccc(N=Cc2ccc(Oc3ccccc3)cc2)cc1)N1CCCC1. The molecule has 1 aliphatic rings. The maximum Gasteiger partial charge on any atom is 0.243 e. The van der Waals surface area contributed by atoms with E-state index in [4.69, 9.17) is 4.74 Å². The first-order valence-electron chi connectivity index (χ1n) is 9.58. The number of nitrogens with zero attached hydrogens (tertiary/aromatic N) is 2. The van der Waals surface area contributed by atoms with Crippen LogP contribution in [0.1, 0.15) is 18.4 Å². The van der Waals surface area contributed by atoms with E-state index in [9.17, 15) is 8.42 Å². The molecule has 0 aromatic heterocycles. The third-order valence-electron chi connectivity index (χ3n) is 4.76. The molecule has 0 unspecified atom stereocenters. The van der Waals surface area contributed by atoms with Gasteiger partial charge >= 0.3 is 0 Å². The Labute approximate surface area is 171 Å². The number of hydrogen-bond donors (Lipinski definition) is 0. The van der Waals surface area contributed by atoms with Crippen LogP contribution in [0.5, 0.6) is 11.5 Å². The maximum atomic E-state index is 12.6. The Bertz CT molecular complexity index is 1070. The van der Waals surface area contributed by atoms with E-state index in [-0.39, 0.29) is 0 Å². The molecule has 3 aromatic carbocycles. The summed E-state index contributed by atoms with van der Waals surface area (Å²) in [7, 11) is -3.39. The minimum Gasteiger partial charge on any atom is -0.457 e. The average Bonchev–Trinajstić information content (AvgIpc) is 3.30. The number of para-hydroxylation sites is 1. The van der Waals surface area contributed by atoms with Crippen molar-refractivity contribution in [2.75, 3.05) is 13.1 Å². The minimum absolute atomic E-state index is 0.320. The molecule has 0 bridgehead atoms. The van der Waals surface area contributed by atoms with Crippen molar-refractivity contribution in [2.24, 2.45) is 4.99 Å². The molecule has 1 aliphatic heterocycles. The molecule has 6 heteroatoms. The zero-order valence-corrected chi connectivity index (χ0v) is 16.8. The van der Waals surface area contributed by atoms with Crippen LogP contribution in [0.3, 0.4) is 0 Å². The molecular weight excluding hydrogens is 384 g/mol. The summed E-state index contributed by atoms with van der Waals surface area (Å²) in [5, 5.41) is 0. The van der Waals surface area contributed by atoms with Crippen LogP contribution in [0, 0.1) is 0 Å². The van der Waals surface area contributed by atoms with Crippen molar-refractivity contribution in [3.63, 3.8) is 0 Å². The van der Waals surface area contributed by atoms with Gasteiger partial charge in [-0.25, -0.2) is 8.42 Å². The van der Waals surface area contributed by atoms with Crippen LogP contribution < -0.4 is 4.74 Å². The number of sulfonamides is 1. The lowest BCUT2D eigenvalue weighted by atomic mass is 10.2. The summed E-state index contributed by atoms with van der Waals surface area (Å²) in [5.74, 6) is 1.54. The first-order valence-corrected chi connectivity index (χ1v) is 11.0. The van der Waals surface area contributed by atoms with Gasteiger partial charge in [0.25, 0.3) is 0 Å². The van der Waals surface area contributed by atoms with Crippen molar-refractivity contribution in [1.29, 1.82) is 0 Å². The summed E-state index contributed by atoms with van der Waals surface area (Å²) in [6.07, 6.45) is 3.60. The second-order valence-corrected chi connectivity index (χ2v) is 8.79. The van der Waals surface area contributed by atoms with E-state index in [1.165, 1.54) is 0 Å². The minimum atomic E-state index is -3.39. The predicted octanol–water partition coefficient (Wildman–Crippen LogP) is 5.01. The highest BCUT2D eigenvalue weighted by atomic mass is 32.2. The van der Waals surface area contributed by atoms with Gasteiger partial charge in [0.2, 0.25) is 10.0 Å². The summed E-state index contributed by atoms with van der Waals surface area (Å²) in [6, 6.07) is 23.9. The van der Waals surface area contributed by atoms with E-state index in [1.807, 2.05) is 54.6 Å². The Morgan fingerprint density at radius 1 is 0.793 bits per heavy atom. The van der Waals surface area contributed by atoms with Crippen molar-refractivity contribution < 1.29 is 13.2 Å². The van der Waals surface area contributed by atoms with Crippen LogP contribution >= 0.6 is 0 Å². The molecule has 0 aliphatic carbocycles. The van der Waals surface area contributed by atoms with Crippen molar-refractivity contribution >= 4 is 21.9 Å². The molecule has 0 N–H and O–H groups in total. The Hall–Kier alpha value is -2.96. The Morgan fingerprint density at radius 3 is 2.07 bits per heavy atom. The zero-order chi connectivity index (χ0) is 20.1. The normalized spacial score (nSPS) is 15.0. The van der Waals surface area contributed by atoms with Gasteiger partial charge in [-0.05, 0) is 79.1 Å². The molecule has 0 amide bonds. The molecule has 148 valence electrons. The van der Waals surface area contributed by atoms with Crippen molar-refractivity contribution in [3.05, 3.63) is 84.4 Å². The molecular formula is C23H22N2O3S. The third kappa shape index (κ3) is 4.72. The third-order valence-corrected chi connectivity index (χ3v) is 6.67. The summed E-state index contributed by atoms with van der Waals surface area (Å²) < 4.78 is 32.5. The number of aliphatic imine (C=N–C) groups is 1. The number of ether oxygens (including phenoxy) is 1. The van der Waals surface area contributed by atoms with Gasteiger partial charge in [0.05, 0.1) is 10.6 Å². The number of hydrogen-bond acceptors (Lipinski definition) is 4. The summed E-state index contributed by atoms with van der Waals surface area (Å²) in [4.78, 5) is 4.76. The highest BCUT2D eigenvalue weighted by Crippen LogP contribution is 2.24. The van der Waals surface area contributed by atoms with E-state index < -0.39 is 10.0 Å². The van der Waals surface area contributed by atoms with Gasteiger partial charge in [0, 0.05) is 19.3 Å². The maximum absolute atomic E-state index is 12.6. The first kappa shape index (κ1) is 19.4. The second kappa shape index (κ2) is 8.59. The van der Waals surface area contributed by atoms with Gasteiger partial charge in [0.15, 0.2) is 0 Å². The predicted molar refractivity (Wildman–Crippen MR) is 115 cm³/mol. The van der Waals surface area contributed by atoms with E-state index >= 15 is 0 Å². The smallest absolute Gasteiger partial charge is 0.243 e. The molecule has 0 saturated carbocycles. The highest BCUT2D eigenvalue weighted by molar-refractivity contribution is 7.89. The molecule has 29 heavy (non-hydrogen) atoms. The zero-order valence-electron chi connectivity index (χ0n) is 15.9. The summed E-state index contributed by atoms with van der Waals surface area (Å²) >= 11 is 0. The first-order chi connectivity index (χ1) is 14.1. The molecule has 0 atom stereocenters. The Morgan fingerprint density at radius 2 is 1.41 bits per heavy atom. The average molecular weight is 407 g/mol. The fourth-order valence-corrected chi connectivity index (χ4v) is 4.69. The van der Waals surface area contributed by atoms with Gasteiger partial charge in [-0.2, -0.15) is 4.31 Å². The van der Waals surface area contributed by atoms with Crippen molar-refractivity contribution in [2.45, 2.75) is 17.7 Å². The molecule has 0 radical (unpaired) electrons. The molecule has 0 spiro atoms. The van der Waals surface area contributed by atoms with Crippen LogP contribution in [-0.4, -0.2) is 32.0 Å². The quantitative estimate of drug-likeness (QED) is 0.541. The van der Waals surface area contributed by atoms with Crippen molar-refractivity contribution in [1.82, 2.24) is 4.31 Å². The lowest BCUT2D eigenvalue weighted by molar-refractivity contribution is 0.477. The standard InChI is InChI=1S/C23H22N2O3S/c26-29(27,25-16-4-5-17-25)23-14-10-20(11-15-23)24-18-19-8-12-22(13-9-19)28-21-6-2-1-3-7-21/h1-3,6-15,18H,4-5,16-17H2. The van der Waals surface area contributed by atoms with Gasteiger partial charge in [-0.1, -0.05) is 18.2 Å².